The van der Waals surface area contributed by atoms with Crippen molar-refractivity contribution in [2.75, 3.05) is 31.1 Å². The maximum atomic E-state index is 11.3. The minimum atomic E-state index is -0.653. The molecule has 1 aromatic rings. The van der Waals surface area contributed by atoms with E-state index in [1.165, 1.54) is 0 Å². The summed E-state index contributed by atoms with van der Waals surface area (Å²) in [6.07, 6.45) is 3.96. The van der Waals surface area contributed by atoms with Gasteiger partial charge >= 0.3 is 5.97 Å². The molecule has 18 heavy (non-hydrogen) atoms. The molecule has 5 nitrogen and oxygen atoms in total. The summed E-state index contributed by atoms with van der Waals surface area (Å²) in [6, 6.07) is -0.261. The van der Waals surface area contributed by atoms with E-state index < -0.39 is 5.97 Å². The van der Waals surface area contributed by atoms with Crippen molar-refractivity contribution in [3.63, 3.8) is 0 Å². The Bertz CT molecular complexity index is 411. The molecule has 1 atom stereocenters. The molecule has 2 heterocycles. The zero-order valence-corrected chi connectivity index (χ0v) is 11.0. The number of aromatic nitrogens is 1. The van der Waals surface area contributed by atoms with Crippen LogP contribution in [0.25, 0.3) is 0 Å². The van der Waals surface area contributed by atoms with Crippen LogP contribution in [0.4, 0.5) is 5.13 Å². The highest BCUT2D eigenvalue weighted by molar-refractivity contribution is 7.13. The standard InChI is InChI=1S/C12H17N3O2S/c16-11(17)10(9-1-2-9)14-4-6-15(7-5-14)12-13-3-8-18-12/h3,8-10H,1-2,4-7H2,(H,16,17). The van der Waals surface area contributed by atoms with Gasteiger partial charge in [-0.05, 0) is 18.8 Å². The first-order valence-corrected chi connectivity index (χ1v) is 7.25. The molecular weight excluding hydrogens is 250 g/mol. The number of hydrogen-bond donors (Lipinski definition) is 1. The van der Waals surface area contributed by atoms with Crippen LogP contribution in [0.3, 0.4) is 0 Å². The number of anilines is 1. The molecule has 1 aliphatic carbocycles. The van der Waals surface area contributed by atoms with E-state index in [9.17, 15) is 9.90 Å². The van der Waals surface area contributed by atoms with Crippen LogP contribution in [-0.4, -0.2) is 53.2 Å². The monoisotopic (exact) mass is 267 g/mol. The lowest BCUT2D eigenvalue weighted by Gasteiger charge is -2.37. The Morgan fingerprint density at radius 3 is 2.61 bits per heavy atom. The van der Waals surface area contributed by atoms with Gasteiger partial charge in [0.25, 0.3) is 0 Å². The molecule has 0 radical (unpaired) electrons. The van der Waals surface area contributed by atoms with E-state index in [-0.39, 0.29) is 6.04 Å². The molecule has 1 aromatic heterocycles. The number of nitrogens with zero attached hydrogens (tertiary/aromatic N) is 3. The number of aliphatic carboxylic acids is 1. The van der Waals surface area contributed by atoms with Gasteiger partial charge in [-0.25, -0.2) is 4.98 Å². The Morgan fingerprint density at radius 2 is 2.11 bits per heavy atom. The summed E-state index contributed by atoms with van der Waals surface area (Å²) in [7, 11) is 0. The van der Waals surface area contributed by atoms with Crippen LogP contribution >= 0.6 is 11.3 Å². The van der Waals surface area contributed by atoms with E-state index in [2.05, 4.69) is 14.8 Å². The minimum absolute atomic E-state index is 0.261. The Morgan fingerprint density at radius 1 is 1.39 bits per heavy atom. The average molecular weight is 267 g/mol. The second kappa shape index (κ2) is 4.85. The fraction of sp³-hybridized carbons (Fsp3) is 0.667. The van der Waals surface area contributed by atoms with Crippen LogP contribution in [0.1, 0.15) is 12.8 Å². The van der Waals surface area contributed by atoms with Gasteiger partial charge in [-0.1, -0.05) is 0 Å². The fourth-order valence-electron chi connectivity index (χ4n) is 2.63. The maximum Gasteiger partial charge on any atom is 0.321 e. The third kappa shape index (κ3) is 2.35. The lowest BCUT2D eigenvalue weighted by atomic mass is 10.1. The lowest BCUT2D eigenvalue weighted by molar-refractivity contribution is -0.144. The van der Waals surface area contributed by atoms with Crippen molar-refractivity contribution in [3.05, 3.63) is 11.6 Å². The first kappa shape index (κ1) is 11.9. The lowest BCUT2D eigenvalue weighted by Crippen LogP contribution is -2.53. The zero-order valence-electron chi connectivity index (χ0n) is 10.2. The summed E-state index contributed by atoms with van der Waals surface area (Å²) in [5, 5.41) is 12.3. The Hall–Kier alpha value is -1.14. The summed E-state index contributed by atoms with van der Waals surface area (Å²) in [6.45, 7) is 3.41. The predicted octanol–water partition coefficient (Wildman–Crippen LogP) is 1.13. The summed E-state index contributed by atoms with van der Waals surface area (Å²) < 4.78 is 0. The van der Waals surface area contributed by atoms with Crippen molar-refractivity contribution in [2.24, 2.45) is 5.92 Å². The van der Waals surface area contributed by atoms with Crippen molar-refractivity contribution in [3.8, 4) is 0 Å². The number of piperazine rings is 1. The summed E-state index contributed by atoms with van der Waals surface area (Å²) >= 11 is 1.64. The van der Waals surface area contributed by atoms with Gasteiger partial charge in [-0.15, -0.1) is 11.3 Å². The molecule has 6 heteroatoms. The van der Waals surface area contributed by atoms with Gasteiger partial charge in [0.2, 0.25) is 0 Å². The Labute approximate surface area is 110 Å². The SMILES string of the molecule is O=C(O)C(C1CC1)N1CCN(c2nccs2)CC1. The quantitative estimate of drug-likeness (QED) is 0.886. The second-order valence-corrected chi connectivity index (χ2v) is 5.83. The van der Waals surface area contributed by atoms with Crippen molar-refractivity contribution in [1.29, 1.82) is 0 Å². The number of thiazole rings is 1. The van der Waals surface area contributed by atoms with Crippen molar-refractivity contribution < 1.29 is 9.90 Å². The molecule has 0 bridgehead atoms. The van der Waals surface area contributed by atoms with E-state index in [0.29, 0.717) is 5.92 Å². The molecule has 1 saturated heterocycles. The van der Waals surface area contributed by atoms with Gasteiger partial charge in [0, 0.05) is 37.8 Å². The van der Waals surface area contributed by atoms with Crippen LogP contribution in [-0.2, 0) is 4.79 Å². The van der Waals surface area contributed by atoms with Crippen molar-refractivity contribution in [1.82, 2.24) is 9.88 Å². The summed E-state index contributed by atoms with van der Waals surface area (Å²) in [5.41, 5.74) is 0. The third-order valence-corrected chi connectivity index (χ3v) is 4.55. The van der Waals surface area contributed by atoms with Crippen LogP contribution in [0.15, 0.2) is 11.6 Å². The van der Waals surface area contributed by atoms with Crippen LogP contribution in [0.5, 0.6) is 0 Å². The van der Waals surface area contributed by atoms with Gasteiger partial charge in [0.05, 0.1) is 0 Å². The molecule has 98 valence electrons. The van der Waals surface area contributed by atoms with Crippen LogP contribution in [0, 0.1) is 5.92 Å². The minimum Gasteiger partial charge on any atom is -0.480 e. The predicted molar refractivity (Wildman–Crippen MR) is 70.0 cm³/mol. The summed E-state index contributed by atoms with van der Waals surface area (Å²) in [4.78, 5) is 20.0. The molecule has 2 fully saturated rings. The molecule has 3 rings (SSSR count). The van der Waals surface area contributed by atoms with E-state index in [4.69, 9.17) is 0 Å². The maximum absolute atomic E-state index is 11.3. The van der Waals surface area contributed by atoms with Crippen molar-refractivity contribution >= 4 is 22.4 Å². The van der Waals surface area contributed by atoms with Gasteiger partial charge in [-0.2, -0.15) is 0 Å². The number of carboxylic acid groups (broad SMARTS) is 1. The number of carboxylic acids is 1. The molecule has 0 aromatic carbocycles. The summed E-state index contributed by atoms with van der Waals surface area (Å²) in [5.74, 6) is -0.269. The van der Waals surface area contributed by atoms with Crippen LogP contribution in [0.2, 0.25) is 0 Å². The van der Waals surface area contributed by atoms with Gasteiger partial charge in [0.1, 0.15) is 6.04 Å². The van der Waals surface area contributed by atoms with E-state index >= 15 is 0 Å². The molecule has 1 saturated carbocycles. The fourth-order valence-corrected chi connectivity index (χ4v) is 3.33. The average Bonchev–Trinajstić information content (AvgIpc) is 3.04. The molecule has 1 N–H and O–H groups in total. The highest BCUT2D eigenvalue weighted by Crippen LogP contribution is 2.36. The number of rotatable bonds is 4. The number of hydrogen-bond acceptors (Lipinski definition) is 5. The largest absolute Gasteiger partial charge is 0.480 e. The van der Waals surface area contributed by atoms with Crippen LogP contribution < -0.4 is 4.90 Å². The van der Waals surface area contributed by atoms with Crippen molar-refractivity contribution in [2.45, 2.75) is 18.9 Å². The molecule has 1 aliphatic heterocycles. The molecule has 1 unspecified atom stereocenters. The molecular formula is C12H17N3O2S. The Kier molecular flexibility index (Phi) is 3.22. The first-order chi connectivity index (χ1) is 8.75. The van der Waals surface area contributed by atoms with E-state index in [0.717, 1.165) is 44.2 Å². The van der Waals surface area contributed by atoms with Gasteiger partial charge in [0.15, 0.2) is 5.13 Å². The molecule has 2 aliphatic rings. The smallest absolute Gasteiger partial charge is 0.321 e. The normalized spacial score (nSPS) is 23.0. The van der Waals surface area contributed by atoms with E-state index in [1.807, 2.05) is 11.6 Å². The molecule has 0 amide bonds. The van der Waals surface area contributed by atoms with Gasteiger partial charge < -0.3 is 10.0 Å². The zero-order chi connectivity index (χ0) is 12.5. The Balaban J connectivity index is 1.60. The second-order valence-electron chi connectivity index (χ2n) is 4.96. The van der Waals surface area contributed by atoms with E-state index in [1.54, 1.807) is 11.3 Å². The van der Waals surface area contributed by atoms with Gasteiger partial charge in [-0.3, -0.25) is 9.69 Å². The highest BCUT2D eigenvalue weighted by atomic mass is 32.1. The topological polar surface area (TPSA) is 56.7 Å². The number of carbonyl (C=O) groups is 1. The highest BCUT2D eigenvalue weighted by Gasteiger charge is 2.41. The molecule has 0 spiro atoms. The third-order valence-electron chi connectivity index (χ3n) is 3.72. The first-order valence-electron chi connectivity index (χ1n) is 6.37.